The second-order valence-corrected chi connectivity index (χ2v) is 6.76. The van der Waals surface area contributed by atoms with Crippen LogP contribution in [0.15, 0.2) is 54.6 Å². The summed E-state index contributed by atoms with van der Waals surface area (Å²) in [6, 6.07) is 17.3. The molecular formula is C22H23N3O3. The summed E-state index contributed by atoms with van der Waals surface area (Å²) in [5.41, 5.74) is 3.22. The zero-order chi connectivity index (χ0) is 19.5. The van der Waals surface area contributed by atoms with Crippen molar-refractivity contribution in [1.82, 2.24) is 15.1 Å². The van der Waals surface area contributed by atoms with Crippen molar-refractivity contribution in [1.29, 1.82) is 0 Å². The number of aryl methyl sites for hydroxylation is 1. The van der Waals surface area contributed by atoms with Gasteiger partial charge in [-0.25, -0.2) is 4.68 Å². The van der Waals surface area contributed by atoms with E-state index >= 15 is 0 Å². The van der Waals surface area contributed by atoms with E-state index in [2.05, 4.69) is 10.4 Å². The van der Waals surface area contributed by atoms with Gasteiger partial charge in [0, 0.05) is 5.69 Å². The first kappa shape index (κ1) is 18.1. The molecule has 6 nitrogen and oxygen atoms in total. The normalized spacial score (nSPS) is 13.8. The van der Waals surface area contributed by atoms with Crippen LogP contribution in [0.2, 0.25) is 0 Å². The smallest absolute Gasteiger partial charge is 0.272 e. The SMILES string of the molecule is CCC(NC(=O)c1cc(C)n(-c2ccccc2)n1)c1ccc2c(c1)OCCO2. The highest BCUT2D eigenvalue weighted by Gasteiger charge is 2.20. The van der Waals surface area contributed by atoms with Crippen LogP contribution in [-0.2, 0) is 0 Å². The number of amides is 1. The second-order valence-electron chi connectivity index (χ2n) is 6.76. The summed E-state index contributed by atoms with van der Waals surface area (Å²) in [6.45, 7) is 5.07. The van der Waals surface area contributed by atoms with Crippen molar-refractivity contribution in [2.24, 2.45) is 0 Å². The highest BCUT2D eigenvalue weighted by molar-refractivity contribution is 5.92. The van der Waals surface area contributed by atoms with Crippen molar-refractivity contribution in [3.63, 3.8) is 0 Å². The Kier molecular flexibility index (Phi) is 5.02. The number of hydrogen-bond acceptors (Lipinski definition) is 4. The summed E-state index contributed by atoms with van der Waals surface area (Å²) in [5, 5.41) is 7.58. The molecular weight excluding hydrogens is 354 g/mol. The van der Waals surface area contributed by atoms with Gasteiger partial charge >= 0.3 is 0 Å². The number of nitrogens with one attached hydrogen (secondary N) is 1. The Hall–Kier alpha value is -3.28. The molecule has 1 unspecified atom stereocenters. The first-order valence-electron chi connectivity index (χ1n) is 9.48. The van der Waals surface area contributed by atoms with Gasteiger partial charge < -0.3 is 14.8 Å². The first-order valence-corrected chi connectivity index (χ1v) is 9.48. The van der Waals surface area contributed by atoms with E-state index in [4.69, 9.17) is 9.47 Å². The molecule has 1 atom stereocenters. The van der Waals surface area contributed by atoms with Gasteiger partial charge in [-0.1, -0.05) is 31.2 Å². The van der Waals surface area contributed by atoms with Crippen molar-refractivity contribution in [2.75, 3.05) is 13.2 Å². The van der Waals surface area contributed by atoms with Crippen LogP contribution in [-0.4, -0.2) is 28.9 Å². The van der Waals surface area contributed by atoms with Crippen LogP contribution in [0.5, 0.6) is 11.5 Å². The Bertz CT molecular complexity index is 982. The molecule has 144 valence electrons. The number of carbonyl (C=O) groups excluding carboxylic acids is 1. The van der Waals surface area contributed by atoms with Gasteiger partial charge in [-0.05, 0) is 49.2 Å². The predicted octanol–water partition coefficient (Wildman–Crippen LogP) is 3.83. The van der Waals surface area contributed by atoms with Crippen molar-refractivity contribution in [2.45, 2.75) is 26.3 Å². The lowest BCUT2D eigenvalue weighted by Crippen LogP contribution is -2.28. The van der Waals surface area contributed by atoms with Gasteiger partial charge in [0.1, 0.15) is 13.2 Å². The average molecular weight is 377 g/mol. The number of aromatic nitrogens is 2. The minimum atomic E-state index is -0.195. The summed E-state index contributed by atoms with van der Waals surface area (Å²) in [7, 11) is 0. The molecule has 0 fully saturated rings. The molecule has 6 heteroatoms. The molecule has 0 saturated carbocycles. The highest BCUT2D eigenvalue weighted by atomic mass is 16.6. The standard InChI is InChI=1S/C22H23N3O3/c1-3-18(16-9-10-20-21(14-16)28-12-11-27-20)23-22(26)19-13-15(2)25(24-19)17-7-5-4-6-8-17/h4-10,13-14,18H,3,11-12H2,1-2H3,(H,23,26). The van der Waals surface area contributed by atoms with Gasteiger partial charge in [0.2, 0.25) is 0 Å². The fourth-order valence-corrected chi connectivity index (χ4v) is 3.35. The predicted molar refractivity (Wildman–Crippen MR) is 106 cm³/mol. The summed E-state index contributed by atoms with van der Waals surface area (Å²) in [5.74, 6) is 1.27. The maximum absolute atomic E-state index is 12.8. The number of fused-ring (bicyclic) bond motifs is 1. The Balaban J connectivity index is 1.54. The third-order valence-electron chi connectivity index (χ3n) is 4.80. The van der Waals surface area contributed by atoms with Crippen LogP contribution in [0.4, 0.5) is 0 Å². The molecule has 1 amide bonds. The molecule has 1 aliphatic rings. The van der Waals surface area contributed by atoms with Crippen molar-refractivity contribution in [3.8, 4) is 17.2 Å². The lowest BCUT2D eigenvalue weighted by Gasteiger charge is -2.22. The van der Waals surface area contributed by atoms with Gasteiger partial charge in [-0.2, -0.15) is 5.10 Å². The minimum Gasteiger partial charge on any atom is -0.486 e. The summed E-state index contributed by atoms with van der Waals surface area (Å²) < 4.78 is 13.0. The number of hydrogen-bond donors (Lipinski definition) is 1. The molecule has 4 rings (SSSR count). The maximum Gasteiger partial charge on any atom is 0.272 e. The molecule has 0 bridgehead atoms. The highest BCUT2D eigenvalue weighted by Crippen LogP contribution is 2.33. The van der Waals surface area contributed by atoms with E-state index in [9.17, 15) is 4.79 Å². The number of ether oxygens (including phenoxy) is 2. The maximum atomic E-state index is 12.8. The molecule has 1 N–H and O–H groups in total. The summed E-state index contributed by atoms with van der Waals surface area (Å²) >= 11 is 0. The lowest BCUT2D eigenvalue weighted by atomic mass is 10.0. The van der Waals surface area contributed by atoms with Crippen LogP contribution in [0.3, 0.4) is 0 Å². The monoisotopic (exact) mass is 377 g/mol. The molecule has 0 spiro atoms. The number of nitrogens with zero attached hydrogens (tertiary/aromatic N) is 2. The molecule has 1 aromatic heterocycles. The van der Waals surface area contributed by atoms with Crippen molar-refractivity contribution < 1.29 is 14.3 Å². The van der Waals surface area contributed by atoms with E-state index in [1.807, 2.05) is 62.4 Å². The van der Waals surface area contributed by atoms with E-state index < -0.39 is 0 Å². The van der Waals surface area contributed by atoms with Crippen molar-refractivity contribution in [3.05, 3.63) is 71.5 Å². The van der Waals surface area contributed by atoms with Gasteiger partial charge in [-0.3, -0.25) is 4.79 Å². The van der Waals surface area contributed by atoms with Gasteiger partial charge in [-0.15, -0.1) is 0 Å². The second kappa shape index (κ2) is 7.76. The number of benzene rings is 2. The molecule has 2 heterocycles. The fraction of sp³-hybridized carbons (Fsp3) is 0.273. The van der Waals surface area contributed by atoms with Gasteiger partial charge in [0.15, 0.2) is 17.2 Å². The Morgan fingerprint density at radius 3 is 2.61 bits per heavy atom. The Morgan fingerprint density at radius 2 is 1.86 bits per heavy atom. The van der Waals surface area contributed by atoms with Crippen LogP contribution in [0.1, 0.15) is 41.1 Å². The topological polar surface area (TPSA) is 65.4 Å². The zero-order valence-corrected chi connectivity index (χ0v) is 16.0. The van der Waals surface area contributed by atoms with Crippen LogP contribution in [0, 0.1) is 6.92 Å². The van der Waals surface area contributed by atoms with Crippen LogP contribution in [0.25, 0.3) is 5.69 Å². The fourth-order valence-electron chi connectivity index (χ4n) is 3.35. The minimum absolute atomic E-state index is 0.134. The number of rotatable bonds is 5. The molecule has 0 saturated heterocycles. The van der Waals surface area contributed by atoms with Gasteiger partial charge in [0.05, 0.1) is 11.7 Å². The molecule has 0 radical (unpaired) electrons. The van der Waals surface area contributed by atoms with E-state index in [1.54, 1.807) is 10.7 Å². The summed E-state index contributed by atoms with van der Waals surface area (Å²) in [6.07, 6.45) is 0.754. The first-order chi connectivity index (χ1) is 13.7. The molecule has 28 heavy (non-hydrogen) atoms. The third kappa shape index (κ3) is 3.58. The number of para-hydroxylation sites is 1. The Morgan fingerprint density at radius 1 is 1.11 bits per heavy atom. The molecule has 1 aliphatic heterocycles. The Labute approximate surface area is 164 Å². The van der Waals surface area contributed by atoms with E-state index in [0.717, 1.165) is 34.9 Å². The third-order valence-corrected chi connectivity index (χ3v) is 4.80. The quantitative estimate of drug-likeness (QED) is 0.734. The molecule has 3 aromatic rings. The van der Waals surface area contributed by atoms with Gasteiger partial charge in [0.25, 0.3) is 5.91 Å². The van der Waals surface area contributed by atoms with E-state index in [0.29, 0.717) is 18.9 Å². The van der Waals surface area contributed by atoms with E-state index in [1.165, 1.54) is 0 Å². The average Bonchev–Trinajstić information content (AvgIpc) is 3.14. The van der Waals surface area contributed by atoms with Crippen LogP contribution < -0.4 is 14.8 Å². The molecule has 0 aliphatic carbocycles. The lowest BCUT2D eigenvalue weighted by molar-refractivity contribution is 0.0930. The van der Waals surface area contributed by atoms with Crippen LogP contribution >= 0.6 is 0 Å². The van der Waals surface area contributed by atoms with Crippen molar-refractivity contribution >= 4 is 5.91 Å². The zero-order valence-electron chi connectivity index (χ0n) is 16.0. The van der Waals surface area contributed by atoms with E-state index in [-0.39, 0.29) is 11.9 Å². The number of carbonyl (C=O) groups is 1. The molecule has 2 aromatic carbocycles. The summed E-state index contributed by atoms with van der Waals surface area (Å²) in [4.78, 5) is 12.8. The largest absolute Gasteiger partial charge is 0.486 e.